The minimum Gasteiger partial charge on any atom is -0.489 e. The molecule has 0 radical (unpaired) electrons. The Morgan fingerprint density at radius 1 is 1.11 bits per heavy atom. The quantitative estimate of drug-likeness (QED) is 0.798. The van der Waals surface area contributed by atoms with Crippen LogP contribution < -0.4 is 4.74 Å². The van der Waals surface area contributed by atoms with Crippen molar-refractivity contribution in [2.75, 3.05) is 5.75 Å². The fourth-order valence-electron chi connectivity index (χ4n) is 1.66. The summed E-state index contributed by atoms with van der Waals surface area (Å²) in [5.74, 6) is 1.25. The Morgan fingerprint density at radius 3 is 2.58 bits per heavy atom. The summed E-state index contributed by atoms with van der Waals surface area (Å²) in [6, 6.07) is 14.2. The van der Waals surface area contributed by atoms with Crippen molar-refractivity contribution in [2.45, 2.75) is 6.61 Å². The monoisotopic (exact) mass is 274 g/mol. The van der Waals surface area contributed by atoms with Gasteiger partial charge in [0.2, 0.25) is 0 Å². The van der Waals surface area contributed by atoms with Crippen LogP contribution in [0.4, 0.5) is 4.39 Å². The Bertz CT molecular complexity index is 549. The van der Waals surface area contributed by atoms with Gasteiger partial charge in [0.25, 0.3) is 0 Å². The molecule has 0 heterocycles. The Balaban J connectivity index is 1.94. The zero-order valence-electron chi connectivity index (χ0n) is 10.4. The molecular formula is C16H15FOS. The van der Waals surface area contributed by atoms with E-state index in [1.54, 1.807) is 6.07 Å². The normalized spacial score (nSPS) is 10.8. The van der Waals surface area contributed by atoms with Gasteiger partial charge in [0, 0.05) is 5.75 Å². The standard InChI is InChI=1S/C16H15FOS/c17-15-5-1-3-14(11-15)12-18-16-8-6-13(7-9-16)4-2-10-19/h1-9,11,19H,10,12H2. The maximum absolute atomic E-state index is 13.0. The molecule has 0 unspecified atom stereocenters. The summed E-state index contributed by atoms with van der Waals surface area (Å²) >= 11 is 4.11. The molecule has 0 N–H and O–H groups in total. The average Bonchev–Trinajstić information content (AvgIpc) is 2.44. The third-order valence-electron chi connectivity index (χ3n) is 2.59. The van der Waals surface area contributed by atoms with Crippen LogP contribution in [0.1, 0.15) is 11.1 Å². The third kappa shape index (κ3) is 4.45. The molecule has 0 atom stereocenters. The maximum atomic E-state index is 13.0. The van der Waals surface area contributed by atoms with Gasteiger partial charge in [0.05, 0.1) is 0 Å². The molecule has 0 aliphatic rings. The van der Waals surface area contributed by atoms with Crippen LogP contribution in [0.15, 0.2) is 54.6 Å². The van der Waals surface area contributed by atoms with Crippen molar-refractivity contribution < 1.29 is 9.13 Å². The van der Waals surface area contributed by atoms with E-state index in [4.69, 9.17) is 4.74 Å². The lowest BCUT2D eigenvalue weighted by atomic mass is 10.2. The minimum absolute atomic E-state index is 0.242. The summed E-state index contributed by atoms with van der Waals surface area (Å²) in [4.78, 5) is 0. The summed E-state index contributed by atoms with van der Waals surface area (Å²) in [5, 5.41) is 0. The zero-order chi connectivity index (χ0) is 13.5. The molecule has 0 saturated heterocycles. The molecule has 2 rings (SSSR count). The maximum Gasteiger partial charge on any atom is 0.123 e. The van der Waals surface area contributed by atoms with E-state index in [1.165, 1.54) is 12.1 Å². The van der Waals surface area contributed by atoms with E-state index in [-0.39, 0.29) is 5.82 Å². The van der Waals surface area contributed by atoms with E-state index in [0.29, 0.717) is 6.61 Å². The molecule has 1 nitrogen and oxygen atoms in total. The van der Waals surface area contributed by atoms with E-state index in [1.807, 2.05) is 42.5 Å². The van der Waals surface area contributed by atoms with E-state index >= 15 is 0 Å². The molecule has 0 bridgehead atoms. The van der Waals surface area contributed by atoms with Gasteiger partial charge in [-0.15, -0.1) is 0 Å². The SMILES string of the molecule is Fc1cccc(COc2ccc(C=CCS)cc2)c1. The van der Waals surface area contributed by atoms with Crippen molar-refractivity contribution in [1.82, 2.24) is 0 Å². The third-order valence-corrected chi connectivity index (χ3v) is 2.80. The van der Waals surface area contributed by atoms with Crippen molar-refractivity contribution in [1.29, 1.82) is 0 Å². The van der Waals surface area contributed by atoms with E-state index in [9.17, 15) is 4.39 Å². The second-order valence-corrected chi connectivity index (χ2v) is 4.44. The summed E-state index contributed by atoms with van der Waals surface area (Å²) in [5.41, 5.74) is 1.92. The highest BCUT2D eigenvalue weighted by Crippen LogP contribution is 2.15. The van der Waals surface area contributed by atoms with Crippen molar-refractivity contribution in [3.05, 3.63) is 71.6 Å². The first-order valence-electron chi connectivity index (χ1n) is 6.02. The van der Waals surface area contributed by atoms with Crippen LogP contribution >= 0.6 is 12.6 Å². The molecule has 98 valence electrons. The molecule has 2 aromatic carbocycles. The van der Waals surface area contributed by atoms with Crippen LogP contribution in [-0.2, 0) is 6.61 Å². The second kappa shape index (κ2) is 7.00. The molecule has 19 heavy (non-hydrogen) atoms. The number of benzene rings is 2. The predicted molar refractivity (Wildman–Crippen MR) is 80.1 cm³/mol. The number of hydrogen-bond donors (Lipinski definition) is 1. The summed E-state index contributed by atoms with van der Waals surface area (Å²) < 4.78 is 18.6. The van der Waals surface area contributed by atoms with Crippen LogP contribution in [-0.4, -0.2) is 5.75 Å². The van der Waals surface area contributed by atoms with Gasteiger partial charge in [0.15, 0.2) is 0 Å². The number of halogens is 1. The first-order chi connectivity index (χ1) is 9.28. The van der Waals surface area contributed by atoms with E-state index in [0.717, 1.165) is 22.6 Å². The number of rotatable bonds is 5. The Labute approximate surface area is 118 Å². The summed E-state index contributed by atoms with van der Waals surface area (Å²) in [6.07, 6.45) is 3.98. The molecule has 3 heteroatoms. The lowest BCUT2D eigenvalue weighted by Crippen LogP contribution is -1.95. The van der Waals surface area contributed by atoms with Crippen LogP contribution in [0.5, 0.6) is 5.75 Å². The van der Waals surface area contributed by atoms with Gasteiger partial charge in [-0.25, -0.2) is 4.39 Å². The molecule has 0 fully saturated rings. The first-order valence-corrected chi connectivity index (χ1v) is 6.66. The molecule has 0 aliphatic heterocycles. The van der Waals surface area contributed by atoms with Crippen molar-refractivity contribution in [3.8, 4) is 5.75 Å². The Kier molecular flexibility index (Phi) is 5.04. The van der Waals surface area contributed by atoms with Crippen molar-refractivity contribution in [2.24, 2.45) is 0 Å². The molecule has 0 saturated carbocycles. The van der Waals surface area contributed by atoms with E-state index in [2.05, 4.69) is 12.6 Å². The van der Waals surface area contributed by atoms with Crippen molar-refractivity contribution >= 4 is 18.7 Å². The second-order valence-electron chi connectivity index (χ2n) is 4.07. The van der Waals surface area contributed by atoms with E-state index < -0.39 is 0 Å². The molecule has 0 aliphatic carbocycles. The highest BCUT2D eigenvalue weighted by atomic mass is 32.1. The highest BCUT2D eigenvalue weighted by molar-refractivity contribution is 7.80. The van der Waals surface area contributed by atoms with Crippen molar-refractivity contribution in [3.63, 3.8) is 0 Å². The van der Waals surface area contributed by atoms with Crippen LogP contribution in [0.3, 0.4) is 0 Å². The van der Waals surface area contributed by atoms with Gasteiger partial charge < -0.3 is 4.74 Å². The number of hydrogen-bond acceptors (Lipinski definition) is 2. The fourth-order valence-corrected chi connectivity index (χ4v) is 1.76. The highest BCUT2D eigenvalue weighted by Gasteiger charge is 1.97. The van der Waals surface area contributed by atoms with Gasteiger partial charge in [0.1, 0.15) is 18.2 Å². The van der Waals surface area contributed by atoms with Gasteiger partial charge in [-0.3, -0.25) is 0 Å². The van der Waals surface area contributed by atoms with Crippen LogP contribution in [0, 0.1) is 5.82 Å². The topological polar surface area (TPSA) is 9.23 Å². The molecule has 2 aromatic rings. The number of ether oxygens (including phenoxy) is 1. The average molecular weight is 274 g/mol. The Hall–Kier alpha value is -1.74. The lowest BCUT2D eigenvalue weighted by Gasteiger charge is -2.06. The summed E-state index contributed by atoms with van der Waals surface area (Å²) in [6.45, 7) is 0.365. The van der Waals surface area contributed by atoms with Gasteiger partial charge in [-0.05, 0) is 35.4 Å². The zero-order valence-corrected chi connectivity index (χ0v) is 11.3. The largest absolute Gasteiger partial charge is 0.489 e. The minimum atomic E-state index is -0.242. The predicted octanol–water partition coefficient (Wildman–Crippen LogP) is 4.35. The van der Waals surface area contributed by atoms with Gasteiger partial charge in [-0.1, -0.05) is 36.4 Å². The molecule has 0 aromatic heterocycles. The smallest absolute Gasteiger partial charge is 0.123 e. The van der Waals surface area contributed by atoms with Gasteiger partial charge in [-0.2, -0.15) is 12.6 Å². The van der Waals surface area contributed by atoms with Gasteiger partial charge >= 0.3 is 0 Å². The fraction of sp³-hybridized carbons (Fsp3) is 0.125. The van der Waals surface area contributed by atoms with Crippen LogP contribution in [0.2, 0.25) is 0 Å². The lowest BCUT2D eigenvalue weighted by molar-refractivity contribution is 0.305. The van der Waals surface area contributed by atoms with Crippen LogP contribution in [0.25, 0.3) is 6.08 Å². The summed E-state index contributed by atoms with van der Waals surface area (Å²) in [7, 11) is 0. The Morgan fingerprint density at radius 2 is 1.89 bits per heavy atom. The molecule has 0 amide bonds. The molecular weight excluding hydrogens is 259 g/mol. The number of thiol groups is 1. The first kappa shape index (κ1) is 13.7. The molecule has 0 spiro atoms.